The van der Waals surface area contributed by atoms with Gasteiger partial charge in [0.25, 0.3) is 5.91 Å². The number of nitrogens with one attached hydrogen (secondary N) is 2. The summed E-state index contributed by atoms with van der Waals surface area (Å²) in [6.45, 7) is 1.94. The van der Waals surface area contributed by atoms with Crippen molar-refractivity contribution in [1.82, 2.24) is 10.2 Å². The van der Waals surface area contributed by atoms with E-state index in [-0.39, 0.29) is 18.0 Å². The lowest BCUT2D eigenvalue weighted by Crippen LogP contribution is -3.15. The summed E-state index contributed by atoms with van der Waals surface area (Å²) in [4.78, 5) is 27.5. The van der Waals surface area contributed by atoms with Crippen LogP contribution in [0, 0.1) is 0 Å². The second kappa shape index (κ2) is 5.93. The Labute approximate surface area is 125 Å². The summed E-state index contributed by atoms with van der Waals surface area (Å²) >= 11 is 0. The fourth-order valence-electron chi connectivity index (χ4n) is 3.98. The monoisotopic (exact) mass is 296 g/mol. The third kappa shape index (κ3) is 2.92. The van der Waals surface area contributed by atoms with Crippen LogP contribution in [0.15, 0.2) is 0 Å². The summed E-state index contributed by atoms with van der Waals surface area (Å²) in [6, 6.07) is -0.241. The number of likely N-dealkylation sites (tertiary alicyclic amines) is 1. The molecule has 6 heteroatoms. The topological polar surface area (TPSA) is 74.1 Å². The van der Waals surface area contributed by atoms with Crippen molar-refractivity contribution in [2.75, 3.05) is 19.8 Å². The minimum absolute atomic E-state index is 0.0398. The first-order chi connectivity index (χ1) is 10.1. The molecule has 1 unspecified atom stereocenters. The van der Waals surface area contributed by atoms with Gasteiger partial charge >= 0.3 is 6.03 Å². The average Bonchev–Trinajstić information content (AvgIpc) is 2.63. The molecular formula is C15H26N3O3+. The van der Waals surface area contributed by atoms with Crippen molar-refractivity contribution < 1.29 is 19.6 Å². The standard InChI is InChI=1S/C15H25N3O3/c19-12-6-5-9-17(10-12)11-18-13(20)15(16-14(18)21)7-3-1-2-4-8-15/h12,19H,1-11H2,(H,16,21)/p+1/t12-/m0/s1. The predicted molar refractivity (Wildman–Crippen MR) is 76.6 cm³/mol. The van der Waals surface area contributed by atoms with Crippen LogP contribution in [0.25, 0.3) is 0 Å². The van der Waals surface area contributed by atoms with Crippen LogP contribution >= 0.6 is 0 Å². The Bertz CT molecular complexity index is 418. The molecule has 3 rings (SSSR count). The van der Waals surface area contributed by atoms with Gasteiger partial charge in [-0.25, -0.2) is 9.69 Å². The Kier molecular flexibility index (Phi) is 4.17. The first-order valence-corrected chi connectivity index (χ1v) is 8.26. The Morgan fingerprint density at radius 1 is 1.19 bits per heavy atom. The fraction of sp³-hybridized carbons (Fsp3) is 0.867. The number of carbonyl (C=O) groups is 2. The lowest BCUT2D eigenvalue weighted by molar-refractivity contribution is -0.915. The van der Waals surface area contributed by atoms with Crippen molar-refractivity contribution in [2.45, 2.75) is 63.0 Å². The molecule has 3 N–H and O–H groups in total. The zero-order chi connectivity index (χ0) is 14.9. The third-order valence-electron chi connectivity index (χ3n) is 5.18. The number of urea groups is 1. The second-order valence-corrected chi connectivity index (χ2v) is 6.82. The molecule has 6 nitrogen and oxygen atoms in total. The van der Waals surface area contributed by atoms with Gasteiger partial charge in [0.05, 0.1) is 6.54 Å². The average molecular weight is 296 g/mol. The van der Waals surface area contributed by atoms with Gasteiger partial charge in [-0.15, -0.1) is 0 Å². The van der Waals surface area contributed by atoms with E-state index in [0.717, 1.165) is 62.8 Å². The summed E-state index contributed by atoms with van der Waals surface area (Å²) in [6.07, 6.45) is 7.32. The van der Waals surface area contributed by atoms with Gasteiger partial charge in [0, 0.05) is 0 Å². The molecule has 1 spiro atoms. The van der Waals surface area contributed by atoms with Gasteiger partial charge in [-0.3, -0.25) is 4.79 Å². The van der Waals surface area contributed by atoms with Crippen LogP contribution in [0.1, 0.15) is 51.4 Å². The molecule has 3 amide bonds. The molecule has 3 fully saturated rings. The van der Waals surface area contributed by atoms with Crippen LogP contribution in [-0.4, -0.2) is 53.3 Å². The van der Waals surface area contributed by atoms with E-state index in [2.05, 4.69) is 5.32 Å². The molecule has 1 saturated carbocycles. The number of carbonyl (C=O) groups excluding carboxylic acids is 2. The molecule has 118 valence electrons. The molecule has 2 heterocycles. The third-order valence-corrected chi connectivity index (χ3v) is 5.18. The quantitative estimate of drug-likeness (QED) is 0.609. The second-order valence-electron chi connectivity index (χ2n) is 6.82. The number of hydrogen-bond donors (Lipinski definition) is 3. The molecule has 2 atom stereocenters. The van der Waals surface area contributed by atoms with Crippen molar-refractivity contribution in [2.24, 2.45) is 0 Å². The molecule has 0 bridgehead atoms. The highest BCUT2D eigenvalue weighted by molar-refractivity contribution is 6.06. The number of rotatable bonds is 2. The summed E-state index contributed by atoms with van der Waals surface area (Å²) in [5, 5.41) is 12.7. The first-order valence-electron chi connectivity index (χ1n) is 8.26. The summed E-state index contributed by atoms with van der Waals surface area (Å²) in [5.41, 5.74) is -0.637. The van der Waals surface area contributed by atoms with Gasteiger partial charge in [-0.1, -0.05) is 25.7 Å². The number of quaternary nitrogens is 1. The Balaban J connectivity index is 1.68. The minimum atomic E-state index is -0.637. The highest BCUT2D eigenvalue weighted by Crippen LogP contribution is 2.32. The molecule has 2 aliphatic heterocycles. The highest BCUT2D eigenvalue weighted by atomic mass is 16.3. The van der Waals surface area contributed by atoms with Crippen LogP contribution in [0.2, 0.25) is 0 Å². The van der Waals surface area contributed by atoms with Gasteiger partial charge in [0.15, 0.2) is 6.67 Å². The van der Waals surface area contributed by atoms with E-state index in [9.17, 15) is 14.7 Å². The van der Waals surface area contributed by atoms with E-state index in [1.165, 1.54) is 4.90 Å². The van der Waals surface area contributed by atoms with E-state index in [1.807, 2.05) is 0 Å². The van der Waals surface area contributed by atoms with E-state index in [0.29, 0.717) is 13.2 Å². The maximum Gasteiger partial charge on any atom is 0.329 e. The lowest BCUT2D eigenvalue weighted by Gasteiger charge is -2.30. The van der Waals surface area contributed by atoms with E-state index >= 15 is 0 Å². The zero-order valence-electron chi connectivity index (χ0n) is 12.6. The number of imide groups is 1. The van der Waals surface area contributed by atoms with Crippen molar-refractivity contribution >= 4 is 11.9 Å². The Hall–Kier alpha value is -1.14. The summed E-state index contributed by atoms with van der Waals surface area (Å²) in [7, 11) is 0. The van der Waals surface area contributed by atoms with E-state index in [1.54, 1.807) is 0 Å². The van der Waals surface area contributed by atoms with Crippen LogP contribution in [-0.2, 0) is 4.79 Å². The predicted octanol–water partition coefficient (Wildman–Crippen LogP) is -0.372. The number of piperidine rings is 1. The van der Waals surface area contributed by atoms with Gasteiger partial charge in [0.1, 0.15) is 18.2 Å². The van der Waals surface area contributed by atoms with Gasteiger partial charge in [-0.05, 0) is 25.7 Å². The molecule has 0 aromatic rings. The molecule has 2 saturated heterocycles. The lowest BCUT2D eigenvalue weighted by atomic mass is 9.90. The number of amides is 3. The van der Waals surface area contributed by atoms with Gasteiger partial charge in [0.2, 0.25) is 0 Å². The summed E-state index contributed by atoms with van der Waals surface area (Å²) in [5.74, 6) is -0.0398. The van der Waals surface area contributed by atoms with Crippen molar-refractivity contribution in [1.29, 1.82) is 0 Å². The molecule has 1 aliphatic carbocycles. The molecule has 0 aromatic carbocycles. The fourth-order valence-corrected chi connectivity index (χ4v) is 3.98. The highest BCUT2D eigenvalue weighted by Gasteiger charge is 2.51. The van der Waals surface area contributed by atoms with Crippen LogP contribution in [0.3, 0.4) is 0 Å². The van der Waals surface area contributed by atoms with Crippen LogP contribution in [0.4, 0.5) is 4.79 Å². The van der Waals surface area contributed by atoms with Crippen molar-refractivity contribution in [3.63, 3.8) is 0 Å². The smallest absolute Gasteiger partial charge is 0.329 e. The normalized spacial score (nSPS) is 33.1. The van der Waals surface area contributed by atoms with Crippen LogP contribution < -0.4 is 10.2 Å². The molecule has 0 radical (unpaired) electrons. The largest absolute Gasteiger partial charge is 0.387 e. The maximum atomic E-state index is 12.8. The number of aliphatic hydroxyl groups is 1. The zero-order valence-corrected chi connectivity index (χ0v) is 12.6. The molecular weight excluding hydrogens is 270 g/mol. The molecule has 21 heavy (non-hydrogen) atoms. The molecule has 0 aromatic heterocycles. The summed E-state index contributed by atoms with van der Waals surface area (Å²) < 4.78 is 0. The molecule has 3 aliphatic rings. The number of nitrogens with zero attached hydrogens (tertiary/aromatic N) is 1. The first kappa shape index (κ1) is 14.8. The SMILES string of the molecule is O=C1NC2(CCCCCC2)C(=O)N1C[NH+]1CCC[C@H](O)C1. The number of hydrogen-bond acceptors (Lipinski definition) is 3. The Morgan fingerprint density at radius 3 is 2.57 bits per heavy atom. The minimum Gasteiger partial charge on any atom is -0.387 e. The van der Waals surface area contributed by atoms with Gasteiger partial charge < -0.3 is 15.3 Å². The Morgan fingerprint density at radius 2 is 1.90 bits per heavy atom. The maximum absolute atomic E-state index is 12.8. The van der Waals surface area contributed by atoms with E-state index < -0.39 is 5.54 Å². The van der Waals surface area contributed by atoms with Gasteiger partial charge in [-0.2, -0.15) is 0 Å². The van der Waals surface area contributed by atoms with Crippen molar-refractivity contribution in [3.8, 4) is 0 Å². The van der Waals surface area contributed by atoms with Crippen molar-refractivity contribution in [3.05, 3.63) is 0 Å². The number of aliphatic hydroxyl groups excluding tert-OH is 1. The van der Waals surface area contributed by atoms with E-state index in [4.69, 9.17) is 0 Å². The van der Waals surface area contributed by atoms with Crippen LogP contribution in [0.5, 0.6) is 0 Å².